The van der Waals surface area contributed by atoms with Gasteiger partial charge in [0.05, 0.1) is 20.5 Å². The Morgan fingerprint density at radius 3 is 2.45 bits per heavy atom. The first-order chi connectivity index (χ1) is 13.8. The van der Waals surface area contributed by atoms with Crippen LogP contribution in [0, 0.1) is 17.0 Å². The highest BCUT2D eigenvalue weighted by Crippen LogP contribution is 2.36. The van der Waals surface area contributed by atoms with Gasteiger partial charge < -0.3 is 4.52 Å². The van der Waals surface area contributed by atoms with Gasteiger partial charge >= 0.3 is 0 Å². The van der Waals surface area contributed by atoms with Crippen molar-refractivity contribution in [1.82, 2.24) is 16.0 Å². The molecule has 0 aliphatic carbocycles. The number of aromatic nitrogens is 1. The molecule has 3 rings (SSSR count). The molecule has 0 saturated carbocycles. The van der Waals surface area contributed by atoms with Crippen LogP contribution in [0.25, 0.3) is 11.3 Å². The highest BCUT2D eigenvalue weighted by molar-refractivity contribution is 7.80. The van der Waals surface area contributed by atoms with E-state index < -0.39 is 10.8 Å². The van der Waals surface area contributed by atoms with E-state index in [0.29, 0.717) is 15.6 Å². The first kappa shape index (κ1) is 20.7. The maximum Gasteiger partial charge on any atom is 0.279 e. The lowest BCUT2D eigenvalue weighted by Gasteiger charge is -2.11. The van der Waals surface area contributed by atoms with Crippen molar-refractivity contribution in [2.24, 2.45) is 0 Å². The molecule has 0 radical (unpaired) electrons. The Labute approximate surface area is 179 Å². The molecule has 0 unspecified atom stereocenters. The molecule has 1 heterocycles. The molecule has 11 heteroatoms. The van der Waals surface area contributed by atoms with Gasteiger partial charge in [0.25, 0.3) is 11.6 Å². The number of carbonyl (C=O) groups is 1. The Morgan fingerprint density at radius 2 is 1.79 bits per heavy atom. The van der Waals surface area contributed by atoms with Crippen LogP contribution in [-0.4, -0.2) is 21.0 Å². The third-order valence-electron chi connectivity index (χ3n) is 3.92. The summed E-state index contributed by atoms with van der Waals surface area (Å²) in [4.78, 5) is 23.3. The minimum absolute atomic E-state index is 0.0305. The van der Waals surface area contributed by atoms with Crippen molar-refractivity contribution in [2.75, 3.05) is 0 Å². The van der Waals surface area contributed by atoms with Crippen molar-refractivity contribution in [1.29, 1.82) is 0 Å². The van der Waals surface area contributed by atoms with E-state index in [4.69, 9.17) is 39.9 Å². The topological polar surface area (TPSA) is 110 Å². The zero-order valence-corrected chi connectivity index (χ0v) is 17.1. The predicted octanol–water partition coefficient (Wildman–Crippen LogP) is 4.48. The van der Waals surface area contributed by atoms with Gasteiger partial charge in [-0.15, -0.1) is 0 Å². The number of hydrazine groups is 1. The van der Waals surface area contributed by atoms with E-state index in [9.17, 15) is 14.9 Å². The summed E-state index contributed by atoms with van der Waals surface area (Å²) in [6, 6.07) is 10.8. The minimum atomic E-state index is -0.629. The van der Waals surface area contributed by atoms with Gasteiger partial charge in [-0.1, -0.05) is 58.8 Å². The fraction of sp³-hybridized carbons (Fsp3) is 0.0556. The number of benzene rings is 2. The molecular weight excluding hydrogens is 439 g/mol. The highest BCUT2D eigenvalue weighted by atomic mass is 35.5. The normalized spacial score (nSPS) is 10.4. The molecule has 0 aliphatic rings. The summed E-state index contributed by atoms with van der Waals surface area (Å²) in [5, 5.41) is 15.6. The molecule has 0 spiro atoms. The van der Waals surface area contributed by atoms with Crippen LogP contribution in [0.5, 0.6) is 0 Å². The van der Waals surface area contributed by atoms with E-state index in [1.54, 1.807) is 31.2 Å². The van der Waals surface area contributed by atoms with Crippen molar-refractivity contribution in [2.45, 2.75) is 6.92 Å². The van der Waals surface area contributed by atoms with E-state index >= 15 is 0 Å². The molecule has 29 heavy (non-hydrogen) atoms. The average molecular weight is 451 g/mol. The monoisotopic (exact) mass is 450 g/mol. The maximum absolute atomic E-state index is 12.7. The zero-order valence-electron chi connectivity index (χ0n) is 14.7. The number of rotatable bonds is 4. The van der Waals surface area contributed by atoms with Crippen molar-refractivity contribution >= 4 is 52.0 Å². The lowest BCUT2D eigenvalue weighted by Crippen LogP contribution is -2.41. The van der Waals surface area contributed by atoms with Gasteiger partial charge in [0.2, 0.25) is 0 Å². The SMILES string of the molecule is Cc1onc(-c2c(Cl)cccc2Cl)c1C(=O)NNC(=S)c1ccccc1[N+](=O)[O-]. The van der Waals surface area contributed by atoms with Crippen LogP contribution in [0.15, 0.2) is 47.0 Å². The number of nitrogens with zero attached hydrogens (tertiary/aromatic N) is 2. The standard InChI is InChI=1S/C18H12Cl2N4O4S/c1-9-14(16(23-28-9)15-11(19)6-4-7-12(15)20)17(25)21-22-18(29)10-5-2-3-8-13(10)24(26)27/h2-8H,1H3,(H,21,25)(H,22,29). The number of amides is 1. The fourth-order valence-corrected chi connectivity index (χ4v) is 3.40. The van der Waals surface area contributed by atoms with Crippen molar-refractivity contribution in [3.63, 3.8) is 0 Å². The molecule has 0 aliphatic heterocycles. The summed E-state index contributed by atoms with van der Waals surface area (Å²) in [6.07, 6.45) is 0. The maximum atomic E-state index is 12.7. The number of hydrogen-bond donors (Lipinski definition) is 2. The second kappa shape index (κ2) is 8.56. The van der Waals surface area contributed by atoms with Crippen LogP contribution in [0.2, 0.25) is 10.0 Å². The number of aryl methyl sites for hydroxylation is 1. The molecule has 3 aromatic rings. The molecule has 2 N–H and O–H groups in total. The number of carbonyl (C=O) groups excluding carboxylic acids is 1. The van der Waals surface area contributed by atoms with Gasteiger partial charge in [0.1, 0.15) is 22.0 Å². The van der Waals surface area contributed by atoms with E-state index in [1.807, 2.05) is 0 Å². The molecule has 2 aromatic carbocycles. The van der Waals surface area contributed by atoms with Gasteiger partial charge in [0, 0.05) is 11.6 Å². The molecule has 148 valence electrons. The molecule has 0 atom stereocenters. The minimum Gasteiger partial charge on any atom is -0.360 e. The van der Waals surface area contributed by atoms with E-state index in [0.717, 1.165) is 0 Å². The molecular formula is C18H12Cl2N4O4S. The Hall–Kier alpha value is -3.01. The predicted molar refractivity (Wildman–Crippen MR) is 112 cm³/mol. The Bertz CT molecular complexity index is 1110. The number of para-hydroxylation sites is 1. The lowest BCUT2D eigenvalue weighted by molar-refractivity contribution is -0.385. The summed E-state index contributed by atoms with van der Waals surface area (Å²) in [6.45, 7) is 1.55. The fourth-order valence-electron chi connectivity index (χ4n) is 2.60. The highest BCUT2D eigenvalue weighted by Gasteiger charge is 2.25. The van der Waals surface area contributed by atoms with Gasteiger partial charge in [-0.05, 0) is 25.1 Å². The lowest BCUT2D eigenvalue weighted by atomic mass is 10.1. The van der Waals surface area contributed by atoms with E-state index in [2.05, 4.69) is 16.0 Å². The first-order valence-corrected chi connectivity index (χ1v) is 9.22. The number of halogens is 2. The van der Waals surface area contributed by atoms with Crippen LogP contribution in [0.4, 0.5) is 5.69 Å². The molecule has 0 bridgehead atoms. The average Bonchev–Trinajstić information content (AvgIpc) is 3.06. The number of hydrogen-bond acceptors (Lipinski definition) is 6. The van der Waals surface area contributed by atoms with Crippen molar-refractivity contribution in [3.05, 3.63) is 79.5 Å². The van der Waals surface area contributed by atoms with E-state index in [-0.39, 0.29) is 33.3 Å². The summed E-state index contributed by atoms with van der Waals surface area (Å²) in [5.41, 5.74) is 5.48. The Morgan fingerprint density at radius 1 is 1.14 bits per heavy atom. The van der Waals surface area contributed by atoms with Crippen LogP contribution in [0.3, 0.4) is 0 Å². The van der Waals surface area contributed by atoms with Gasteiger partial charge in [-0.3, -0.25) is 25.8 Å². The van der Waals surface area contributed by atoms with Crippen LogP contribution in [0.1, 0.15) is 21.7 Å². The van der Waals surface area contributed by atoms with Crippen molar-refractivity contribution < 1.29 is 14.2 Å². The van der Waals surface area contributed by atoms with Gasteiger partial charge in [-0.2, -0.15) is 0 Å². The van der Waals surface area contributed by atoms with E-state index in [1.165, 1.54) is 18.2 Å². The number of nitro groups is 1. The van der Waals surface area contributed by atoms with Crippen molar-refractivity contribution in [3.8, 4) is 11.3 Å². The zero-order chi connectivity index (χ0) is 21.1. The van der Waals surface area contributed by atoms with Crippen LogP contribution in [-0.2, 0) is 0 Å². The number of nitrogens with one attached hydrogen (secondary N) is 2. The second-order valence-corrected chi connectivity index (χ2v) is 6.96. The van der Waals surface area contributed by atoms with Gasteiger partial charge in [-0.25, -0.2) is 0 Å². The number of thiocarbonyl (C=S) groups is 1. The molecule has 0 fully saturated rings. The summed E-state index contributed by atoms with van der Waals surface area (Å²) >= 11 is 17.6. The second-order valence-electron chi connectivity index (χ2n) is 5.74. The Kier molecular flexibility index (Phi) is 6.12. The molecule has 0 saturated heterocycles. The molecule has 8 nitrogen and oxygen atoms in total. The summed E-state index contributed by atoms with van der Waals surface area (Å²) in [5.74, 6) is -0.400. The summed E-state index contributed by atoms with van der Waals surface area (Å²) in [7, 11) is 0. The first-order valence-electron chi connectivity index (χ1n) is 8.06. The molecule has 1 amide bonds. The third kappa shape index (κ3) is 4.21. The quantitative estimate of drug-likeness (QED) is 0.342. The van der Waals surface area contributed by atoms with Gasteiger partial charge in [0.15, 0.2) is 0 Å². The largest absolute Gasteiger partial charge is 0.360 e. The molecule has 1 aromatic heterocycles. The third-order valence-corrected chi connectivity index (χ3v) is 4.88. The van der Waals surface area contributed by atoms with Crippen LogP contribution >= 0.6 is 35.4 Å². The summed E-state index contributed by atoms with van der Waals surface area (Å²) < 4.78 is 5.15. The van der Waals surface area contributed by atoms with Crippen LogP contribution < -0.4 is 10.9 Å². The smallest absolute Gasteiger partial charge is 0.279 e. The Balaban J connectivity index is 1.86. The number of nitro benzene ring substituents is 1.